The quantitative estimate of drug-likeness (QED) is 0.871. The predicted molar refractivity (Wildman–Crippen MR) is 97.0 cm³/mol. The maximum atomic E-state index is 12.5. The molecule has 1 fully saturated rings. The number of benzene rings is 2. The molecule has 3 rings (SSSR count). The second-order valence-electron chi connectivity index (χ2n) is 7.04. The normalized spacial score (nSPS) is 15.9. The molecule has 132 valence electrons. The molecule has 0 saturated carbocycles. The highest BCUT2D eigenvalue weighted by Crippen LogP contribution is 2.17. The number of hydrogen-bond acceptors (Lipinski definition) is 3. The highest BCUT2D eigenvalue weighted by atomic mass is 16.3. The Bertz CT molecular complexity index is 781. The zero-order chi connectivity index (χ0) is 18.0. The van der Waals surface area contributed by atoms with Gasteiger partial charge in [0.2, 0.25) is 11.8 Å². The van der Waals surface area contributed by atoms with Crippen molar-refractivity contribution in [1.82, 2.24) is 10.2 Å². The molecular formula is C20H24N2O3. The third-order valence-electron chi connectivity index (χ3n) is 4.60. The number of aliphatic hydroxyl groups is 1. The molecule has 1 aliphatic rings. The number of carbonyl (C=O) groups is 2. The van der Waals surface area contributed by atoms with Gasteiger partial charge in [-0.2, -0.15) is 0 Å². The number of β-amino-alcohol motifs (C(OH)–C–C–N with tert-alkyl or cyclic N) is 1. The molecule has 0 radical (unpaired) electrons. The van der Waals surface area contributed by atoms with E-state index in [4.69, 9.17) is 0 Å². The first kappa shape index (κ1) is 17.4. The fourth-order valence-electron chi connectivity index (χ4n) is 3.10. The lowest BCUT2D eigenvalue weighted by Gasteiger charge is -2.39. The zero-order valence-corrected chi connectivity index (χ0v) is 14.6. The number of amides is 2. The third kappa shape index (κ3) is 3.99. The fraction of sp³-hybridized carbons (Fsp3) is 0.400. The predicted octanol–water partition coefficient (Wildman–Crippen LogP) is 1.73. The van der Waals surface area contributed by atoms with Crippen LogP contribution in [0.3, 0.4) is 0 Å². The van der Waals surface area contributed by atoms with Crippen LogP contribution in [-0.2, 0) is 16.0 Å². The molecule has 1 unspecified atom stereocenters. The Morgan fingerprint density at radius 2 is 1.84 bits per heavy atom. The van der Waals surface area contributed by atoms with Gasteiger partial charge in [0.05, 0.1) is 12.5 Å². The Balaban J connectivity index is 1.65. The van der Waals surface area contributed by atoms with E-state index in [1.54, 1.807) is 4.90 Å². The Hall–Kier alpha value is -2.40. The number of aliphatic hydroxyl groups excluding tert-OH is 1. The van der Waals surface area contributed by atoms with Crippen LogP contribution in [0.2, 0.25) is 0 Å². The summed E-state index contributed by atoms with van der Waals surface area (Å²) in [5.41, 5.74) is 0.922. The first-order valence-corrected chi connectivity index (χ1v) is 8.68. The summed E-state index contributed by atoms with van der Waals surface area (Å²) in [5, 5.41) is 14.5. The summed E-state index contributed by atoms with van der Waals surface area (Å²) in [7, 11) is 0. The van der Waals surface area contributed by atoms with Gasteiger partial charge in [-0.25, -0.2) is 0 Å². The van der Waals surface area contributed by atoms with E-state index < -0.39 is 12.1 Å². The third-order valence-corrected chi connectivity index (χ3v) is 4.60. The maximum absolute atomic E-state index is 12.5. The van der Waals surface area contributed by atoms with Gasteiger partial charge in [0, 0.05) is 13.1 Å². The van der Waals surface area contributed by atoms with Crippen molar-refractivity contribution in [1.29, 1.82) is 0 Å². The van der Waals surface area contributed by atoms with Crippen molar-refractivity contribution in [3.8, 4) is 0 Å². The minimum Gasteiger partial charge on any atom is -0.389 e. The lowest BCUT2D eigenvalue weighted by molar-refractivity contribution is -0.146. The summed E-state index contributed by atoms with van der Waals surface area (Å²) in [6.45, 7) is 4.52. The summed E-state index contributed by atoms with van der Waals surface area (Å²) in [6, 6.07) is 13.4. The number of likely N-dealkylation sites (tertiary alicyclic amines) is 1. The molecule has 0 aliphatic carbocycles. The van der Waals surface area contributed by atoms with E-state index in [1.165, 1.54) is 0 Å². The molecule has 2 aromatic rings. The molecule has 2 N–H and O–H groups in total. The minimum atomic E-state index is -0.555. The summed E-state index contributed by atoms with van der Waals surface area (Å²) < 4.78 is 0. The second-order valence-corrected chi connectivity index (χ2v) is 7.04. The summed E-state index contributed by atoms with van der Waals surface area (Å²) in [4.78, 5) is 26.5. The molecule has 2 amide bonds. The van der Waals surface area contributed by atoms with Crippen molar-refractivity contribution < 1.29 is 14.7 Å². The molecule has 1 atom stereocenters. The van der Waals surface area contributed by atoms with Crippen molar-refractivity contribution in [2.24, 2.45) is 5.92 Å². The lowest BCUT2D eigenvalue weighted by Crippen LogP contribution is -2.60. The van der Waals surface area contributed by atoms with Gasteiger partial charge < -0.3 is 15.3 Å². The van der Waals surface area contributed by atoms with Gasteiger partial charge in [0.25, 0.3) is 0 Å². The maximum Gasteiger partial charge on any atom is 0.245 e. The molecule has 1 saturated heterocycles. The van der Waals surface area contributed by atoms with E-state index in [0.29, 0.717) is 13.1 Å². The van der Waals surface area contributed by atoms with E-state index in [-0.39, 0.29) is 24.2 Å². The largest absolute Gasteiger partial charge is 0.389 e. The number of hydrogen-bond donors (Lipinski definition) is 2. The van der Waals surface area contributed by atoms with Crippen LogP contribution in [0.5, 0.6) is 0 Å². The first-order valence-electron chi connectivity index (χ1n) is 8.68. The van der Waals surface area contributed by atoms with Crippen LogP contribution < -0.4 is 5.32 Å². The van der Waals surface area contributed by atoms with Gasteiger partial charge in [-0.3, -0.25) is 9.59 Å². The number of rotatable bonds is 5. The van der Waals surface area contributed by atoms with Crippen LogP contribution in [0.15, 0.2) is 42.5 Å². The molecular weight excluding hydrogens is 316 g/mol. The molecule has 0 aromatic heterocycles. The number of carbonyl (C=O) groups excluding carboxylic acids is 2. The van der Waals surface area contributed by atoms with Gasteiger partial charge in [-0.1, -0.05) is 56.3 Å². The van der Waals surface area contributed by atoms with E-state index >= 15 is 0 Å². The van der Waals surface area contributed by atoms with Gasteiger partial charge >= 0.3 is 0 Å². The van der Waals surface area contributed by atoms with E-state index in [0.717, 1.165) is 16.3 Å². The van der Waals surface area contributed by atoms with E-state index in [1.807, 2.05) is 56.3 Å². The second kappa shape index (κ2) is 7.23. The molecule has 1 aliphatic heterocycles. The van der Waals surface area contributed by atoms with Crippen LogP contribution in [0.1, 0.15) is 19.4 Å². The SMILES string of the molecule is CC(C)C(NC(=O)Cc1ccc2ccccc2c1)C(=O)N1CC(O)C1. The monoisotopic (exact) mass is 340 g/mol. The Morgan fingerprint density at radius 3 is 2.48 bits per heavy atom. The van der Waals surface area contributed by atoms with Crippen molar-refractivity contribution in [3.05, 3.63) is 48.0 Å². The van der Waals surface area contributed by atoms with Crippen molar-refractivity contribution in [3.63, 3.8) is 0 Å². The molecule has 5 heteroatoms. The summed E-state index contributed by atoms with van der Waals surface area (Å²) in [6.07, 6.45) is -0.200. The highest BCUT2D eigenvalue weighted by Gasteiger charge is 2.35. The average Bonchev–Trinajstić information content (AvgIpc) is 2.56. The smallest absolute Gasteiger partial charge is 0.245 e. The van der Waals surface area contributed by atoms with Gasteiger partial charge in [0.15, 0.2) is 0 Å². The van der Waals surface area contributed by atoms with Crippen LogP contribution in [-0.4, -0.2) is 47.1 Å². The summed E-state index contributed by atoms with van der Waals surface area (Å²) >= 11 is 0. The Kier molecular flexibility index (Phi) is 5.04. The lowest BCUT2D eigenvalue weighted by atomic mass is 9.99. The average molecular weight is 340 g/mol. The van der Waals surface area contributed by atoms with E-state index in [2.05, 4.69) is 5.32 Å². The van der Waals surface area contributed by atoms with Crippen LogP contribution in [0.25, 0.3) is 10.8 Å². The fourth-order valence-corrected chi connectivity index (χ4v) is 3.10. The number of nitrogens with zero attached hydrogens (tertiary/aromatic N) is 1. The standard InChI is InChI=1S/C20H24N2O3/c1-13(2)19(20(25)22-11-17(23)12-22)21-18(24)10-14-7-8-15-5-3-4-6-16(15)9-14/h3-9,13,17,19,23H,10-12H2,1-2H3,(H,21,24). The molecule has 2 aromatic carbocycles. The molecule has 25 heavy (non-hydrogen) atoms. The van der Waals surface area contributed by atoms with Gasteiger partial charge in [-0.05, 0) is 22.3 Å². The van der Waals surface area contributed by atoms with E-state index in [9.17, 15) is 14.7 Å². The van der Waals surface area contributed by atoms with Crippen LogP contribution in [0, 0.1) is 5.92 Å². The molecule has 1 heterocycles. The molecule has 0 spiro atoms. The van der Waals surface area contributed by atoms with Crippen molar-refractivity contribution in [2.75, 3.05) is 13.1 Å². The minimum absolute atomic E-state index is 0.00852. The van der Waals surface area contributed by atoms with Crippen molar-refractivity contribution in [2.45, 2.75) is 32.4 Å². The Morgan fingerprint density at radius 1 is 1.16 bits per heavy atom. The van der Waals surface area contributed by atoms with Gasteiger partial charge in [-0.15, -0.1) is 0 Å². The Labute approximate surface area is 147 Å². The summed E-state index contributed by atoms with van der Waals surface area (Å²) in [5.74, 6) is -0.290. The number of nitrogens with one attached hydrogen (secondary N) is 1. The highest BCUT2D eigenvalue weighted by molar-refractivity contribution is 5.90. The molecule has 0 bridgehead atoms. The van der Waals surface area contributed by atoms with Crippen molar-refractivity contribution >= 4 is 22.6 Å². The zero-order valence-electron chi connectivity index (χ0n) is 14.6. The first-order chi connectivity index (χ1) is 11.9. The molecule has 5 nitrogen and oxygen atoms in total. The van der Waals surface area contributed by atoms with Crippen LogP contribution in [0.4, 0.5) is 0 Å². The number of fused-ring (bicyclic) bond motifs is 1. The topological polar surface area (TPSA) is 69.6 Å². The van der Waals surface area contributed by atoms with Crippen LogP contribution >= 0.6 is 0 Å². The van der Waals surface area contributed by atoms with Gasteiger partial charge in [0.1, 0.15) is 6.04 Å².